The maximum absolute atomic E-state index is 12.0. The first kappa shape index (κ1) is 19.6. The number of amides is 1. The zero-order valence-electron chi connectivity index (χ0n) is 16.3. The molecular formula is C18H24N6O4S. The number of alkyl carbamates (subject to hydrolysis) is 1. The van der Waals surface area contributed by atoms with Gasteiger partial charge in [-0.3, -0.25) is 5.10 Å². The molecule has 2 aromatic rings. The Morgan fingerprint density at radius 1 is 1.24 bits per heavy atom. The topological polar surface area (TPSA) is 139 Å². The molecule has 0 saturated heterocycles. The van der Waals surface area contributed by atoms with Crippen LogP contribution in [-0.4, -0.2) is 52.6 Å². The minimum Gasteiger partial charge on any atom is -0.446 e. The molecule has 0 aliphatic heterocycles. The molecule has 2 aliphatic rings. The molecule has 0 aromatic carbocycles. The van der Waals surface area contributed by atoms with Crippen LogP contribution in [0.3, 0.4) is 0 Å². The van der Waals surface area contributed by atoms with Crippen LogP contribution >= 0.6 is 0 Å². The fourth-order valence-corrected chi connectivity index (χ4v) is 3.87. The molecule has 11 heteroatoms. The highest BCUT2D eigenvalue weighted by Crippen LogP contribution is 2.37. The summed E-state index contributed by atoms with van der Waals surface area (Å²) in [5.74, 6) is 1.18. The second kappa shape index (κ2) is 7.29. The van der Waals surface area contributed by atoms with Crippen molar-refractivity contribution in [3.63, 3.8) is 0 Å². The summed E-state index contributed by atoms with van der Waals surface area (Å²) in [5, 5.41) is 13.1. The van der Waals surface area contributed by atoms with E-state index in [4.69, 9.17) is 4.74 Å². The van der Waals surface area contributed by atoms with E-state index in [-0.39, 0.29) is 28.7 Å². The summed E-state index contributed by atoms with van der Waals surface area (Å²) >= 11 is 0. The molecule has 2 fully saturated rings. The van der Waals surface area contributed by atoms with Gasteiger partial charge in [0, 0.05) is 29.5 Å². The molecule has 2 heterocycles. The molecule has 156 valence electrons. The normalized spacial score (nSPS) is 22.8. The largest absolute Gasteiger partial charge is 0.446 e. The number of hydrogen-bond acceptors (Lipinski definition) is 8. The van der Waals surface area contributed by atoms with Gasteiger partial charge in [-0.25, -0.2) is 23.2 Å². The zero-order valence-corrected chi connectivity index (χ0v) is 17.1. The maximum Gasteiger partial charge on any atom is 0.407 e. The van der Waals surface area contributed by atoms with Gasteiger partial charge in [0.1, 0.15) is 11.9 Å². The Kier molecular flexibility index (Phi) is 4.93. The van der Waals surface area contributed by atoms with Crippen LogP contribution in [0.1, 0.15) is 50.6 Å². The third-order valence-electron chi connectivity index (χ3n) is 5.36. The molecule has 0 spiro atoms. The molecule has 0 radical (unpaired) electrons. The first-order valence-electron chi connectivity index (χ1n) is 9.53. The van der Waals surface area contributed by atoms with Gasteiger partial charge in [-0.05, 0) is 39.0 Å². The van der Waals surface area contributed by atoms with E-state index in [9.17, 15) is 13.2 Å². The Labute approximate surface area is 168 Å². The number of H-pyrrole nitrogens is 1. The number of aromatic amines is 1. The number of hydrogen-bond donors (Lipinski definition) is 3. The predicted molar refractivity (Wildman–Crippen MR) is 105 cm³/mol. The summed E-state index contributed by atoms with van der Waals surface area (Å²) < 4.78 is 28.4. The number of aromatic nitrogens is 4. The number of anilines is 2. The van der Waals surface area contributed by atoms with E-state index in [2.05, 4.69) is 30.8 Å². The van der Waals surface area contributed by atoms with E-state index in [1.54, 1.807) is 0 Å². The average Bonchev–Trinajstić information content (AvgIpc) is 3.04. The van der Waals surface area contributed by atoms with E-state index in [0.29, 0.717) is 11.6 Å². The van der Waals surface area contributed by atoms with Gasteiger partial charge in [0.15, 0.2) is 20.7 Å². The molecule has 10 nitrogen and oxygen atoms in total. The van der Waals surface area contributed by atoms with Crippen molar-refractivity contribution in [2.45, 2.75) is 61.6 Å². The number of nitrogens with zero attached hydrogens (tertiary/aromatic N) is 3. The van der Waals surface area contributed by atoms with Gasteiger partial charge in [0.2, 0.25) is 0 Å². The van der Waals surface area contributed by atoms with Crippen LogP contribution in [0.25, 0.3) is 0 Å². The van der Waals surface area contributed by atoms with Gasteiger partial charge in [-0.2, -0.15) is 5.10 Å². The average molecular weight is 420 g/mol. The highest BCUT2D eigenvalue weighted by atomic mass is 32.2. The minimum atomic E-state index is -3.38. The third kappa shape index (κ3) is 4.84. The molecule has 2 saturated carbocycles. The predicted octanol–water partition coefficient (Wildman–Crippen LogP) is 2.26. The Morgan fingerprint density at radius 2 is 2.03 bits per heavy atom. The molecule has 4 rings (SSSR count). The lowest BCUT2D eigenvalue weighted by Gasteiger charge is -2.16. The lowest BCUT2D eigenvalue weighted by Crippen LogP contribution is -2.36. The number of ether oxygens (including phenoxy) is 1. The molecule has 2 aliphatic carbocycles. The van der Waals surface area contributed by atoms with E-state index < -0.39 is 9.84 Å². The van der Waals surface area contributed by atoms with Gasteiger partial charge >= 0.3 is 6.09 Å². The fraction of sp³-hybridized carbons (Fsp3) is 0.556. The first-order chi connectivity index (χ1) is 13.7. The SMILES string of the molecule is CC1(NC(=O)O[C@@H]2CC[C@H](c3cc(Nc4cnc(S(C)(=O)=O)cn4)n[nH]3)C2)CC1. The molecule has 3 N–H and O–H groups in total. The van der Waals surface area contributed by atoms with Gasteiger partial charge in [-0.1, -0.05) is 0 Å². The maximum atomic E-state index is 12.0. The third-order valence-corrected chi connectivity index (χ3v) is 6.33. The highest BCUT2D eigenvalue weighted by molar-refractivity contribution is 7.90. The number of carbonyl (C=O) groups is 1. The van der Waals surface area contributed by atoms with Gasteiger partial charge in [0.05, 0.1) is 12.4 Å². The molecule has 0 bridgehead atoms. The van der Waals surface area contributed by atoms with Crippen LogP contribution in [0.2, 0.25) is 0 Å². The van der Waals surface area contributed by atoms with Crippen LogP contribution in [0.5, 0.6) is 0 Å². The van der Waals surface area contributed by atoms with Crippen molar-refractivity contribution in [2.75, 3.05) is 11.6 Å². The van der Waals surface area contributed by atoms with Crippen molar-refractivity contribution in [3.05, 3.63) is 24.2 Å². The van der Waals surface area contributed by atoms with E-state index in [0.717, 1.165) is 44.1 Å². The molecule has 2 atom stereocenters. The molecular weight excluding hydrogens is 396 g/mol. The lowest BCUT2D eigenvalue weighted by atomic mass is 10.0. The van der Waals surface area contributed by atoms with Crippen molar-refractivity contribution in [1.29, 1.82) is 0 Å². The second-order valence-electron chi connectivity index (χ2n) is 8.07. The minimum absolute atomic E-state index is 0.0810. The fourth-order valence-electron chi connectivity index (χ4n) is 3.38. The second-order valence-corrected chi connectivity index (χ2v) is 10.0. The standard InChI is InChI=1S/C18H24N6O4S/c1-18(5-6-18)22-17(25)28-12-4-3-11(7-12)13-8-14(24-23-13)21-15-9-20-16(10-19-15)29(2,26)27/h8-12H,3-7H2,1-2H3,(H,22,25)(H2,19,21,23,24)/t11-,12+/m0/s1. The smallest absolute Gasteiger partial charge is 0.407 e. The van der Waals surface area contributed by atoms with Gasteiger partial charge in [-0.15, -0.1) is 0 Å². The summed E-state index contributed by atoms with van der Waals surface area (Å²) in [7, 11) is -3.38. The highest BCUT2D eigenvalue weighted by Gasteiger charge is 2.40. The molecule has 1 amide bonds. The van der Waals surface area contributed by atoms with Crippen LogP contribution < -0.4 is 10.6 Å². The van der Waals surface area contributed by atoms with E-state index in [1.807, 2.05) is 13.0 Å². The number of nitrogens with one attached hydrogen (secondary N) is 3. The molecule has 29 heavy (non-hydrogen) atoms. The Hall–Kier alpha value is -2.69. The number of carbonyl (C=O) groups excluding carboxylic acids is 1. The lowest BCUT2D eigenvalue weighted by molar-refractivity contribution is 0.0967. The van der Waals surface area contributed by atoms with Crippen LogP contribution in [-0.2, 0) is 14.6 Å². The Balaban J connectivity index is 1.31. The Morgan fingerprint density at radius 3 is 2.69 bits per heavy atom. The van der Waals surface area contributed by atoms with Crippen molar-refractivity contribution in [1.82, 2.24) is 25.5 Å². The van der Waals surface area contributed by atoms with E-state index in [1.165, 1.54) is 12.4 Å². The number of rotatable bonds is 6. The summed E-state index contributed by atoms with van der Waals surface area (Å²) in [6.45, 7) is 2.02. The summed E-state index contributed by atoms with van der Waals surface area (Å²) in [6, 6.07) is 1.88. The Bertz CT molecular complexity index is 1000. The van der Waals surface area contributed by atoms with Crippen molar-refractivity contribution in [2.24, 2.45) is 0 Å². The van der Waals surface area contributed by atoms with Crippen molar-refractivity contribution in [3.8, 4) is 0 Å². The van der Waals surface area contributed by atoms with Crippen LogP contribution in [0, 0.1) is 0 Å². The summed E-state index contributed by atoms with van der Waals surface area (Å²) in [4.78, 5) is 19.9. The summed E-state index contributed by atoms with van der Waals surface area (Å²) in [6.07, 6.45) is 7.67. The van der Waals surface area contributed by atoms with Crippen LogP contribution in [0.4, 0.5) is 16.4 Å². The monoisotopic (exact) mass is 420 g/mol. The van der Waals surface area contributed by atoms with Crippen molar-refractivity contribution >= 4 is 27.6 Å². The van der Waals surface area contributed by atoms with Gasteiger partial charge in [0.25, 0.3) is 0 Å². The summed E-state index contributed by atoms with van der Waals surface area (Å²) in [5.41, 5.74) is 0.871. The van der Waals surface area contributed by atoms with Crippen LogP contribution in [0.15, 0.2) is 23.5 Å². The van der Waals surface area contributed by atoms with Gasteiger partial charge < -0.3 is 15.4 Å². The molecule has 0 unspecified atom stereocenters. The van der Waals surface area contributed by atoms with E-state index >= 15 is 0 Å². The molecule has 2 aromatic heterocycles. The zero-order chi connectivity index (χ0) is 20.6. The first-order valence-corrected chi connectivity index (χ1v) is 11.4. The number of sulfone groups is 1. The quantitative estimate of drug-likeness (QED) is 0.647. The van der Waals surface area contributed by atoms with Crippen molar-refractivity contribution < 1.29 is 17.9 Å².